The smallest absolute Gasteiger partial charge is 0.410 e. The van der Waals surface area contributed by atoms with E-state index < -0.39 is 12.1 Å². The highest BCUT2D eigenvalue weighted by Crippen LogP contribution is 2.45. The molecule has 1 fully saturated rings. The highest BCUT2D eigenvalue weighted by Gasteiger charge is 2.45. The van der Waals surface area contributed by atoms with E-state index in [4.69, 9.17) is 9.47 Å². The number of fused-ring (bicyclic) bond motifs is 3. The Labute approximate surface area is 224 Å². The van der Waals surface area contributed by atoms with Gasteiger partial charge in [-0.3, -0.25) is 4.90 Å². The minimum Gasteiger partial charge on any atom is -0.452 e. The summed E-state index contributed by atoms with van der Waals surface area (Å²) in [7, 11) is 0. The molecular weight excluding hydrogens is 476 g/mol. The van der Waals surface area contributed by atoms with Crippen molar-refractivity contribution in [3.05, 3.63) is 83.6 Å². The molecule has 2 aliphatic heterocycles. The summed E-state index contributed by atoms with van der Waals surface area (Å²) in [5.41, 5.74) is 4.26. The van der Waals surface area contributed by atoms with E-state index in [1.54, 1.807) is 11.0 Å². The molecule has 3 heterocycles. The number of amides is 1. The van der Waals surface area contributed by atoms with E-state index in [1.165, 1.54) is 17.2 Å². The van der Waals surface area contributed by atoms with Crippen LogP contribution in [0.25, 0.3) is 10.9 Å². The van der Waals surface area contributed by atoms with Crippen LogP contribution in [0.15, 0.2) is 66.7 Å². The average Bonchev–Trinajstić information content (AvgIpc) is 3.51. The van der Waals surface area contributed by atoms with Gasteiger partial charge < -0.3 is 14.5 Å². The van der Waals surface area contributed by atoms with Gasteiger partial charge in [0.25, 0.3) is 0 Å². The fourth-order valence-electron chi connectivity index (χ4n) is 6.94. The van der Waals surface area contributed by atoms with Crippen molar-refractivity contribution in [3.63, 3.8) is 0 Å². The number of carbonyl (C=O) groups is 2. The van der Waals surface area contributed by atoms with Crippen molar-refractivity contribution in [2.45, 2.75) is 70.1 Å². The summed E-state index contributed by atoms with van der Waals surface area (Å²) in [5, 5.41) is 1.15. The van der Waals surface area contributed by atoms with Gasteiger partial charge in [-0.05, 0) is 53.9 Å². The van der Waals surface area contributed by atoms with Crippen LogP contribution in [0.4, 0.5) is 4.79 Å². The molecule has 0 unspecified atom stereocenters. The fourth-order valence-corrected chi connectivity index (χ4v) is 6.94. The number of hydrogen-bond acceptors (Lipinski definition) is 4. The van der Waals surface area contributed by atoms with Gasteiger partial charge in [-0.25, -0.2) is 9.59 Å². The maximum absolute atomic E-state index is 14.0. The second-order valence-corrected chi connectivity index (χ2v) is 11.7. The molecule has 2 aromatic carbocycles. The van der Waals surface area contributed by atoms with E-state index in [2.05, 4.69) is 56.1 Å². The summed E-state index contributed by atoms with van der Waals surface area (Å²) in [6, 6.07) is 18.3. The molecule has 6 nitrogen and oxygen atoms in total. The van der Waals surface area contributed by atoms with Gasteiger partial charge in [-0.15, -0.1) is 0 Å². The lowest BCUT2D eigenvalue weighted by atomic mass is 9.64. The van der Waals surface area contributed by atoms with Crippen LogP contribution in [0.3, 0.4) is 0 Å². The number of para-hydroxylation sites is 1. The maximum Gasteiger partial charge on any atom is 0.410 e. The van der Waals surface area contributed by atoms with E-state index in [1.807, 2.05) is 24.3 Å². The molecule has 3 aromatic rings. The first-order valence-corrected chi connectivity index (χ1v) is 13.8. The number of aromatic amines is 1. The van der Waals surface area contributed by atoms with Gasteiger partial charge in [0.15, 0.2) is 0 Å². The first-order chi connectivity index (χ1) is 18.3. The molecule has 198 valence electrons. The minimum atomic E-state index is -0.552. The molecule has 1 saturated carbocycles. The molecule has 6 rings (SSSR count). The van der Waals surface area contributed by atoms with Crippen molar-refractivity contribution in [2.24, 2.45) is 11.8 Å². The molecule has 5 atom stereocenters. The molecule has 1 aromatic heterocycles. The first kappa shape index (κ1) is 24.8. The molecule has 3 aliphatic rings. The predicted octanol–water partition coefficient (Wildman–Crippen LogP) is 6.47. The molecular formula is C32H36N2O4. The standard InChI is InChI=1S/C32H36N2O4/c1-20-13-14-24(32(2,3)21-9-5-4-6-10-21)27(19-20)38-31(36)34-18-17-23-22-11-7-8-12-25(22)33-29(23)30(34)26-15-16-28(35)37-26/h4-12,15-16,20,24,26-27,30,33H,13-14,17-19H2,1-3H3/t20-,24-,26-,27-,30+/m1/s1. The van der Waals surface area contributed by atoms with E-state index >= 15 is 0 Å². The number of benzene rings is 2. The Morgan fingerprint density at radius 1 is 1.08 bits per heavy atom. The number of nitrogens with one attached hydrogen (secondary N) is 1. The van der Waals surface area contributed by atoms with E-state index in [9.17, 15) is 9.59 Å². The topological polar surface area (TPSA) is 71.6 Å². The number of hydrogen-bond donors (Lipinski definition) is 1. The second-order valence-electron chi connectivity index (χ2n) is 11.7. The number of rotatable bonds is 4. The van der Waals surface area contributed by atoms with Gasteiger partial charge in [-0.1, -0.05) is 75.7 Å². The lowest BCUT2D eigenvalue weighted by Crippen LogP contribution is -2.49. The summed E-state index contributed by atoms with van der Waals surface area (Å²) in [4.78, 5) is 31.3. The molecule has 38 heavy (non-hydrogen) atoms. The normalized spacial score (nSPS) is 27.3. The molecule has 6 heteroatoms. The molecule has 0 spiro atoms. The monoisotopic (exact) mass is 512 g/mol. The van der Waals surface area contributed by atoms with E-state index in [0.717, 1.165) is 42.3 Å². The largest absolute Gasteiger partial charge is 0.452 e. The van der Waals surface area contributed by atoms with Crippen LogP contribution in [0.1, 0.15) is 62.9 Å². The Morgan fingerprint density at radius 2 is 1.84 bits per heavy atom. The van der Waals surface area contributed by atoms with Gasteiger partial charge in [0, 0.05) is 35.1 Å². The van der Waals surface area contributed by atoms with Crippen LogP contribution < -0.4 is 0 Å². The van der Waals surface area contributed by atoms with Crippen LogP contribution in [-0.2, 0) is 26.1 Å². The third kappa shape index (κ3) is 4.30. The van der Waals surface area contributed by atoms with Crippen molar-refractivity contribution in [2.75, 3.05) is 6.54 Å². The van der Waals surface area contributed by atoms with E-state index in [-0.39, 0.29) is 29.5 Å². The third-order valence-electron chi connectivity index (χ3n) is 9.05. The second kappa shape index (κ2) is 9.64. The minimum absolute atomic E-state index is 0.137. The lowest BCUT2D eigenvalue weighted by molar-refractivity contribution is -0.141. The SMILES string of the molecule is C[C@@H]1CC[C@@H](C(C)(C)c2ccccc2)[C@H](OC(=O)N2CCc3c([nH]c4ccccc34)[C@@H]2[C@H]2C=CC(=O)O2)C1. The van der Waals surface area contributed by atoms with Gasteiger partial charge in [0.1, 0.15) is 18.2 Å². The number of cyclic esters (lactones) is 1. The number of nitrogens with zero attached hydrogens (tertiary/aromatic N) is 1. The molecule has 0 bridgehead atoms. The zero-order valence-electron chi connectivity index (χ0n) is 22.4. The number of carbonyl (C=O) groups excluding carboxylic acids is 2. The van der Waals surface area contributed by atoms with Gasteiger partial charge >= 0.3 is 12.1 Å². The maximum atomic E-state index is 14.0. The summed E-state index contributed by atoms with van der Waals surface area (Å²) < 4.78 is 12.1. The number of aromatic nitrogens is 1. The molecule has 1 aliphatic carbocycles. The Balaban J connectivity index is 1.31. The summed E-state index contributed by atoms with van der Waals surface area (Å²) in [6.07, 6.45) is 5.85. The molecule has 0 saturated heterocycles. The predicted molar refractivity (Wildman–Crippen MR) is 147 cm³/mol. The summed E-state index contributed by atoms with van der Waals surface area (Å²) in [5.74, 6) is 0.324. The van der Waals surface area contributed by atoms with Crippen molar-refractivity contribution >= 4 is 23.0 Å². The summed E-state index contributed by atoms with van der Waals surface area (Å²) in [6.45, 7) is 7.30. The molecule has 1 amide bonds. The fraction of sp³-hybridized carbons (Fsp3) is 0.438. The van der Waals surface area contributed by atoms with Crippen molar-refractivity contribution in [1.82, 2.24) is 9.88 Å². The zero-order valence-corrected chi connectivity index (χ0v) is 22.4. The van der Waals surface area contributed by atoms with Crippen LogP contribution in [0.5, 0.6) is 0 Å². The number of H-pyrrole nitrogens is 1. The third-order valence-corrected chi connectivity index (χ3v) is 9.05. The van der Waals surface area contributed by atoms with Gasteiger partial charge in [-0.2, -0.15) is 0 Å². The van der Waals surface area contributed by atoms with Crippen molar-refractivity contribution in [3.8, 4) is 0 Å². The van der Waals surface area contributed by atoms with Crippen LogP contribution in [0.2, 0.25) is 0 Å². The van der Waals surface area contributed by atoms with Gasteiger partial charge in [0.2, 0.25) is 0 Å². The van der Waals surface area contributed by atoms with Gasteiger partial charge in [0.05, 0.1) is 0 Å². The van der Waals surface area contributed by atoms with Crippen molar-refractivity contribution < 1.29 is 19.1 Å². The highest BCUT2D eigenvalue weighted by molar-refractivity contribution is 5.87. The molecule has 0 radical (unpaired) electrons. The highest BCUT2D eigenvalue weighted by atomic mass is 16.6. The Bertz CT molecular complexity index is 1370. The molecule has 1 N–H and O–H groups in total. The van der Waals surface area contributed by atoms with E-state index in [0.29, 0.717) is 12.5 Å². The quantitative estimate of drug-likeness (QED) is 0.407. The Kier molecular flexibility index (Phi) is 6.29. The Hall–Kier alpha value is -3.54. The Morgan fingerprint density at radius 3 is 2.61 bits per heavy atom. The zero-order chi connectivity index (χ0) is 26.4. The van der Waals surface area contributed by atoms with Crippen LogP contribution in [0, 0.1) is 11.8 Å². The van der Waals surface area contributed by atoms with Crippen molar-refractivity contribution in [1.29, 1.82) is 0 Å². The number of esters is 1. The van der Waals surface area contributed by atoms with Crippen LogP contribution >= 0.6 is 0 Å². The first-order valence-electron chi connectivity index (χ1n) is 13.8. The average molecular weight is 513 g/mol. The number of ether oxygens (including phenoxy) is 2. The lowest BCUT2D eigenvalue weighted by Gasteiger charge is -2.45. The van der Waals surface area contributed by atoms with Crippen LogP contribution in [-0.4, -0.2) is 40.7 Å². The summed E-state index contributed by atoms with van der Waals surface area (Å²) >= 11 is 0.